The summed E-state index contributed by atoms with van der Waals surface area (Å²) in [5.41, 5.74) is 7.75. The van der Waals surface area contributed by atoms with Gasteiger partial charge in [-0.15, -0.1) is 24.0 Å². The predicted octanol–water partition coefficient (Wildman–Crippen LogP) is 3.70. The summed E-state index contributed by atoms with van der Waals surface area (Å²) in [7, 11) is 0. The Kier molecular flexibility index (Phi) is 9.28. The smallest absolute Gasteiger partial charge is 0.188 e. The fourth-order valence-electron chi connectivity index (χ4n) is 1.98. The maximum atomic E-state index is 6.12. The molecule has 0 aliphatic rings. The van der Waals surface area contributed by atoms with E-state index in [1.54, 1.807) is 6.20 Å². The van der Waals surface area contributed by atoms with Gasteiger partial charge in [0.25, 0.3) is 0 Å². The molecule has 124 valence electrons. The van der Waals surface area contributed by atoms with Gasteiger partial charge in [0.1, 0.15) is 0 Å². The van der Waals surface area contributed by atoms with Gasteiger partial charge in [-0.05, 0) is 36.2 Å². The first-order valence-electron chi connectivity index (χ1n) is 7.03. The lowest BCUT2D eigenvalue weighted by Gasteiger charge is -2.08. The van der Waals surface area contributed by atoms with Crippen LogP contribution in [0, 0.1) is 0 Å². The number of hydrogen-bond acceptors (Lipinski definition) is 2. The summed E-state index contributed by atoms with van der Waals surface area (Å²) in [4.78, 5) is 8.51. The fourth-order valence-corrected chi connectivity index (χ4v) is 2.57. The molecule has 23 heavy (non-hydrogen) atoms. The van der Waals surface area contributed by atoms with Crippen molar-refractivity contribution in [3.63, 3.8) is 0 Å². The molecule has 0 aliphatic heterocycles. The minimum atomic E-state index is 0. The second-order valence-corrected chi connectivity index (χ2v) is 5.53. The molecular weight excluding hydrogens is 446 g/mol. The van der Waals surface area contributed by atoms with Crippen LogP contribution in [0.15, 0.2) is 47.6 Å². The zero-order valence-electron chi connectivity index (χ0n) is 12.5. The molecule has 0 atom stereocenters. The number of nitrogens with one attached hydrogen (secondary N) is 1. The minimum absolute atomic E-state index is 0. The van der Waals surface area contributed by atoms with E-state index in [1.165, 1.54) is 0 Å². The van der Waals surface area contributed by atoms with Gasteiger partial charge >= 0.3 is 0 Å². The van der Waals surface area contributed by atoms with Crippen LogP contribution in [0.3, 0.4) is 0 Å². The molecule has 2 rings (SSSR count). The topological polar surface area (TPSA) is 63.3 Å². The van der Waals surface area contributed by atoms with Crippen molar-refractivity contribution in [3.8, 4) is 0 Å². The number of halogens is 3. The van der Waals surface area contributed by atoms with Crippen LogP contribution in [0.5, 0.6) is 0 Å². The molecule has 4 nitrogen and oxygen atoms in total. The molecule has 0 unspecified atom stereocenters. The second-order valence-electron chi connectivity index (χ2n) is 4.72. The van der Waals surface area contributed by atoms with Crippen molar-refractivity contribution in [3.05, 3.63) is 63.9 Å². The zero-order chi connectivity index (χ0) is 15.8. The number of aromatic nitrogens is 1. The van der Waals surface area contributed by atoms with Crippen LogP contribution >= 0.6 is 47.2 Å². The van der Waals surface area contributed by atoms with E-state index in [1.807, 2.05) is 36.4 Å². The van der Waals surface area contributed by atoms with Gasteiger partial charge in [0, 0.05) is 41.4 Å². The summed E-state index contributed by atoms with van der Waals surface area (Å²) in [5, 5.41) is 4.40. The van der Waals surface area contributed by atoms with Crippen LogP contribution in [0.25, 0.3) is 0 Å². The first kappa shape index (κ1) is 20.0. The van der Waals surface area contributed by atoms with E-state index < -0.39 is 0 Å². The Labute approximate surface area is 163 Å². The first-order valence-corrected chi connectivity index (χ1v) is 7.79. The van der Waals surface area contributed by atoms with Gasteiger partial charge in [-0.3, -0.25) is 9.98 Å². The number of nitrogens with two attached hydrogens (primary N) is 1. The molecule has 2 aromatic rings. The molecule has 0 aliphatic carbocycles. The molecule has 1 heterocycles. The van der Waals surface area contributed by atoms with Gasteiger partial charge in [-0.2, -0.15) is 0 Å². The molecule has 0 bridgehead atoms. The van der Waals surface area contributed by atoms with E-state index in [0.717, 1.165) is 17.7 Å². The largest absolute Gasteiger partial charge is 0.370 e. The molecule has 0 amide bonds. The lowest BCUT2D eigenvalue weighted by Crippen LogP contribution is -2.33. The summed E-state index contributed by atoms with van der Waals surface area (Å²) in [6.45, 7) is 1.23. The molecular formula is C16H19Cl2IN4. The minimum Gasteiger partial charge on any atom is -0.370 e. The Hall–Kier alpha value is -1.05. The average molecular weight is 465 g/mol. The highest BCUT2D eigenvalue weighted by atomic mass is 127. The van der Waals surface area contributed by atoms with Crippen LogP contribution in [-0.4, -0.2) is 24.0 Å². The summed E-state index contributed by atoms with van der Waals surface area (Å²) < 4.78 is 0. The van der Waals surface area contributed by atoms with Crippen LogP contribution < -0.4 is 11.1 Å². The van der Waals surface area contributed by atoms with Gasteiger partial charge in [0.05, 0.1) is 0 Å². The molecule has 0 spiro atoms. The quantitative estimate of drug-likeness (QED) is 0.389. The van der Waals surface area contributed by atoms with Crippen LogP contribution in [0.4, 0.5) is 0 Å². The van der Waals surface area contributed by atoms with E-state index in [9.17, 15) is 0 Å². The summed E-state index contributed by atoms with van der Waals surface area (Å²) >= 11 is 12.2. The van der Waals surface area contributed by atoms with Gasteiger partial charge in [0.2, 0.25) is 0 Å². The number of nitrogens with zero attached hydrogens (tertiary/aromatic N) is 2. The van der Waals surface area contributed by atoms with E-state index in [2.05, 4.69) is 15.3 Å². The maximum absolute atomic E-state index is 6.12. The summed E-state index contributed by atoms with van der Waals surface area (Å²) in [5.74, 6) is 0.416. The van der Waals surface area contributed by atoms with Gasteiger partial charge in [-0.1, -0.05) is 35.3 Å². The molecule has 1 aromatic heterocycles. The Bertz CT molecular complexity index is 615. The van der Waals surface area contributed by atoms with Crippen molar-refractivity contribution >= 4 is 53.1 Å². The number of rotatable bonds is 6. The highest BCUT2D eigenvalue weighted by Crippen LogP contribution is 2.24. The second kappa shape index (κ2) is 10.7. The zero-order valence-corrected chi connectivity index (χ0v) is 16.3. The Balaban J connectivity index is 0.00000264. The molecule has 1 aromatic carbocycles. The number of pyridine rings is 1. The normalized spacial score (nSPS) is 11.0. The van der Waals surface area contributed by atoms with Crippen molar-refractivity contribution in [1.29, 1.82) is 0 Å². The van der Waals surface area contributed by atoms with Gasteiger partial charge in [-0.25, -0.2) is 0 Å². The lowest BCUT2D eigenvalue weighted by atomic mass is 10.1. The number of guanidine groups is 1. The third-order valence-electron chi connectivity index (χ3n) is 3.12. The van der Waals surface area contributed by atoms with Crippen molar-refractivity contribution in [1.82, 2.24) is 10.3 Å². The van der Waals surface area contributed by atoms with E-state index in [0.29, 0.717) is 35.5 Å². The highest BCUT2D eigenvalue weighted by molar-refractivity contribution is 14.0. The van der Waals surface area contributed by atoms with Crippen LogP contribution in [0.2, 0.25) is 10.0 Å². The Morgan fingerprint density at radius 3 is 2.48 bits per heavy atom. The average Bonchev–Trinajstić information content (AvgIpc) is 2.51. The molecule has 0 saturated carbocycles. The standard InChI is InChI=1S/C16H18Cl2N4.HI/c17-14-5-3-6-15(18)13(14)8-11-22-16(19)21-10-7-12-4-1-2-9-20-12;/h1-6,9H,7-8,10-11H2,(H3,19,21,22);1H. The van der Waals surface area contributed by atoms with E-state index in [4.69, 9.17) is 28.9 Å². The molecule has 3 N–H and O–H groups in total. The molecule has 0 fully saturated rings. The highest BCUT2D eigenvalue weighted by Gasteiger charge is 2.04. The number of aliphatic imine (C=N–C) groups is 1. The van der Waals surface area contributed by atoms with Crippen LogP contribution in [-0.2, 0) is 12.8 Å². The molecule has 0 radical (unpaired) electrons. The number of benzene rings is 1. The fraction of sp³-hybridized carbons (Fsp3) is 0.250. The van der Waals surface area contributed by atoms with Crippen molar-refractivity contribution in [2.24, 2.45) is 10.7 Å². The number of hydrogen-bond donors (Lipinski definition) is 2. The van der Waals surface area contributed by atoms with E-state index >= 15 is 0 Å². The monoisotopic (exact) mass is 464 g/mol. The van der Waals surface area contributed by atoms with E-state index in [-0.39, 0.29) is 24.0 Å². The lowest BCUT2D eigenvalue weighted by molar-refractivity contribution is 0.840. The van der Waals surface area contributed by atoms with Gasteiger partial charge in [0.15, 0.2) is 5.96 Å². The van der Waals surface area contributed by atoms with Gasteiger partial charge < -0.3 is 11.1 Å². The van der Waals surface area contributed by atoms with Crippen LogP contribution in [0.1, 0.15) is 11.3 Å². The SMILES string of the molecule is I.NC(=NCCc1ccccn1)NCCc1c(Cl)cccc1Cl. The molecule has 7 heteroatoms. The predicted molar refractivity (Wildman–Crippen MR) is 108 cm³/mol. The molecule has 0 saturated heterocycles. The summed E-state index contributed by atoms with van der Waals surface area (Å²) in [6.07, 6.45) is 3.22. The Morgan fingerprint density at radius 1 is 1.09 bits per heavy atom. The maximum Gasteiger partial charge on any atom is 0.188 e. The van der Waals surface area contributed by atoms with Crippen molar-refractivity contribution in [2.75, 3.05) is 13.1 Å². The third kappa shape index (κ3) is 6.93. The Morgan fingerprint density at radius 2 is 1.83 bits per heavy atom. The third-order valence-corrected chi connectivity index (χ3v) is 3.83. The first-order chi connectivity index (χ1) is 10.7. The van der Waals surface area contributed by atoms with Crippen molar-refractivity contribution < 1.29 is 0 Å². The van der Waals surface area contributed by atoms with Crippen molar-refractivity contribution in [2.45, 2.75) is 12.8 Å². The summed E-state index contributed by atoms with van der Waals surface area (Å²) in [6, 6.07) is 11.3.